The number of nitrogens with one attached hydrogen (secondary N) is 2. The third-order valence-corrected chi connectivity index (χ3v) is 10.0. The second kappa shape index (κ2) is 15.8. The summed E-state index contributed by atoms with van der Waals surface area (Å²) in [6.45, 7) is 12.9. The third kappa shape index (κ3) is 9.96. The van der Waals surface area contributed by atoms with Crippen LogP contribution in [-0.2, 0) is 20.3 Å². The minimum atomic E-state index is -4.70. The van der Waals surface area contributed by atoms with Crippen LogP contribution in [0.25, 0.3) is 10.9 Å². The van der Waals surface area contributed by atoms with Crippen LogP contribution in [0.2, 0.25) is 0 Å². The van der Waals surface area contributed by atoms with Crippen LogP contribution in [0, 0.1) is 22.5 Å². The summed E-state index contributed by atoms with van der Waals surface area (Å²) >= 11 is 1.22. The Labute approximate surface area is 300 Å². The van der Waals surface area contributed by atoms with E-state index >= 15 is 0 Å². The van der Waals surface area contributed by atoms with E-state index in [1.54, 1.807) is 12.1 Å². The maximum absolute atomic E-state index is 13.5. The molecule has 4 aromatic rings. The Balaban J connectivity index is 1.43. The van der Waals surface area contributed by atoms with Crippen LogP contribution in [0.1, 0.15) is 52.8 Å². The zero-order valence-corrected chi connectivity index (χ0v) is 31.6. The van der Waals surface area contributed by atoms with E-state index in [-0.39, 0.29) is 18.7 Å². The van der Waals surface area contributed by atoms with Crippen molar-refractivity contribution in [1.29, 1.82) is 0 Å². The van der Waals surface area contributed by atoms with Gasteiger partial charge < -0.3 is 29.9 Å². The van der Waals surface area contributed by atoms with E-state index in [4.69, 9.17) is 14.0 Å². The smallest absolute Gasteiger partial charge is 0.469 e. The molecule has 0 aliphatic rings. The van der Waals surface area contributed by atoms with Gasteiger partial charge in [-0.1, -0.05) is 41.5 Å². The zero-order chi connectivity index (χ0) is 37.8. The van der Waals surface area contributed by atoms with E-state index in [1.807, 2.05) is 48.6 Å². The van der Waals surface area contributed by atoms with E-state index in [0.717, 1.165) is 18.2 Å². The Kier molecular flexibility index (Phi) is 12.4. The molecule has 13 nitrogen and oxygen atoms in total. The molecule has 1 amide bonds. The van der Waals surface area contributed by atoms with Gasteiger partial charge in [-0.15, -0.1) is 11.3 Å². The first kappa shape index (κ1) is 40.0. The van der Waals surface area contributed by atoms with Gasteiger partial charge in [-0.3, -0.25) is 14.2 Å². The van der Waals surface area contributed by atoms with Crippen molar-refractivity contribution in [2.24, 2.45) is 10.8 Å². The maximum atomic E-state index is 13.5. The highest BCUT2D eigenvalue weighted by atomic mass is 32.1. The summed E-state index contributed by atoms with van der Waals surface area (Å²) in [4.78, 5) is 47.4. The summed E-state index contributed by atoms with van der Waals surface area (Å²) in [5.74, 6) is -0.665. The maximum Gasteiger partial charge on any atom is 0.469 e. The van der Waals surface area contributed by atoms with Gasteiger partial charge in [0.15, 0.2) is 16.6 Å². The van der Waals surface area contributed by atoms with Crippen molar-refractivity contribution in [2.75, 3.05) is 44.5 Å². The van der Waals surface area contributed by atoms with Gasteiger partial charge in [0.1, 0.15) is 23.8 Å². The lowest BCUT2D eigenvalue weighted by atomic mass is 9.59. The molecular weight excluding hydrogens is 705 g/mol. The second-order valence-electron chi connectivity index (χ2n) is 14.1. The average molecular weight is 751 g/mol. The van der Waals surface area contributed by atoms with Crippen LogP contribution in [0.4, 0.5) is 25.4 Å². The van der Waals surface area contributed by atoms with Gasteiger partial charge in [-0.2, -0.15) is 0 Å². The van der Waals surface area contributed by atoms with Crippen molar-refractivity contribution in [3.63, 3.8) is 0 Å². The Morgan fingerprint density at radius 2 is 1.65 bits per heavy atom. The Morgan fingerprint density at radius 3 is 2.25 bits per heavy atom. The van der Waals surface area contributed by atoms with E-state index in [0.29, 0.717) is 57.8 Å². The van der Waals surface area contributed by atoms with Crippen molar-refractivity contribution in [2.45, 2.75) is 59.9 Å². The minimum Gasteiger partial charge on any atom is -0.493 e. The molecule has 17 heteroatoms. The number of nitrogens with zero attached hydrogens (tertiary/aromatic N) is 4. The molecule has 278 valence electrons. The monoisotopic (exact) mass is 750 g/mol. The number of amides is 1. The Bertz CT molecular complexity index is 1860. The van der Waals surface area contributed by atoms with Gasteiger partial charge >= 0.3 is 7.82 Å². The highest BCUT2D eigenvalue weighted by Crippen LogP contribution is 2.51. The lowest BCUT2D eigenvalue weighted by Gasteiger charge is -2.58. The number of likely N-dealkylation sites (N-methyl/N-ethyl adjacent to an activating group) is 1. The summed E-state index contributed by atoms with van der Waals surface area (Å²) in [5.41, 5.74) is -0.968. The summed E-state index contributed by atoms with van der Waals surface area (Å²) in [7, 11) is -1.25. The number of methoxy groups -OCH3 is 1. The SMILES string of the molecule is COc1cc2c(Nc3ncc(CC(=O)Nc4cc(F)cc(F)c4)s3)ncnc2cc1OCCCN(C)C(COP(=O)(O)O)(C(C)(C)C)C(C)(C)C. The largest absolute Gasteiger partial charge is 0.493 e. The van der Waals surface area contributed by atoms with Gasteiger partial charge in [0.05, 0.1) is 37.8 Å². The molecule has 2 aromatic carbocycles. The molecule has 0 unspecified atom stereocenters. The average Bonchev–Trinajstić information content (AvgIpc) is 3.43. The van der Waals surface area contributed by atoms with E-state index in [1.165, 1.54) is 31.0 Å². The molecule has 2 heterocycles. The van der Waals surface area contributed by atoms with Crippen LogP contribution < -0.4 is 20.1 Å². The van der Waals surface area contributed by atoms with Crippen LogP contribution in [0.3, 0.4) is 0 Å². The number of halogens is 2. The predicted molar refractivity (Wildman–Crippen MR) is 193 cm³/mol. The van der Waals surface area contributed by atoms with Crippen molar-refractivity contribution in [3.8, 4) is 11.5 Å². The number of thiazole rings is 1. The van der Waals surface area contributed by atoms with Crippen molar-refractivity contribution in [1.82, 2.24) is 19.9 Å². The third-order valence-electron chi connectivity index (χ3n) is 8.65. The molecule has 0 atom stereocenters. The first-order valence-electron chi connectivity index (χ1n) is 16.1. The molecular formula is C34H45F2N6O7PS. The molecule has 51 heavy (non-hydrogen) atoms. The molecule has 0 saturated heterocycles. The van der Waals surface area contributed by atoms with Crippen LogP contribution in [0.5, 0.6) is 11.5 Å². The number of rotatable bonds is 15. The van der Waals surface area contributed by atoms with Gasteiger partial charge in [0.2, 0.25) is 5.91 Å². The minimum absolute atomic E-state index is 0.0201. The lowest BCUT2D eigenvalue weighted by molar-refractivity contribution is -0.115. The van der Waals surface area contributed by atoms with Crippen LogP contribution >= 0.6 is 19.2 Å². The molecule has 4 rings (SSSR count). The fraction of sp³-hybridized carbons (Fsp3) is 0.471. The summed E-state index contributed by atoms with van der Waals surface area (Å²) in [6, 6.07) is 6.30. The highest BCUT2D eigenvalue weighted by molar-refractivity contribution is 7.46. The fourth-order valence-corrected chi connectivity index (χ4v) is 7.80. The number of benzene rings is 2. The molecule has 0 aliphatic carbocycles. The van der Waals surface area contributed by atoms with Gasteiger partial charge in [0, 0.05) is 40.8 Å². The Morgan fingerprint density at radius 1 is 0.980 bits per heavy atom. The summed E-state index contributed by atoms with van der Waals surface area (Å²) in [5, 5.41) is 6.74. The number of hydrogen-bond donors (Lipinski definition) is 4. The van der Waals surface area contributed by atoms with E-state index < -0.39 is 41.7 Å². The number of carbonyl (C=O) groups excluding carboxylic acids is 1. The molecule has 2 aromatic heterocycles. The van der Waals surface area contributed by atoms with E-state index in [9.17, 15) is 27.9 Å². The molecule has 0 bridgehead atoms. The van der Waals surface area contributed by atoms with Crippen molar-refractivity contribution < 1.29 is 41.9 Å². The quantitative estimate of drug-likeness (QED) is 0.0731. The molecule has 0 spiro atoms. The summed E-state index contributed by atoms with van der Waals surface area (Å²) < 4.78 is 55.6. The second-order valence-corrected chi connectivity index (χ2v) is 16.5. The normalized spacial score (nSPS) is 12.7. The fourth-order valence-electron chi connectivity index (χ4n) is 6.64. The number of ether oxygens (including phenoxy) is 2. The van der Waals surface area contributed by atoms with E-state index in [2.05, 4.69) is 30.5 Å². The number of carbonyl (C=O) groups is 1. The standard InChI is InChI=1S/C34H45F2N6O7PS/c1-32(2,3)34(33(4,5)6,19-49-50(44,45)46)42(7)10-9-11-48-28-17-26-25(16-27(28)47-8)30(39-20-38-26)41-31-37-18-24(51-31)15-29(43)40-23-13-21(35)12-22(36)14-23/h12-14,16-18,20H,9-11,15,19H2,1-8H3,(H,40,43)(H2,44,45,46)(H,37,38,39,41). The first-order chi connectivity index (χ1) is 23.7. The number of anilines is 3. The lowest BCUT2D eigenvalue weighted by Crippen LogP contribution is -2.66. The topological polar surface area (TPSA) is 168 Å². The zero-order valence-electron chi connectivity index (χ0n) is 29.9. The Hall–Kier alpha value is -3.79. The number of fused-ring (bicyclic) bond motifs is 1. The molecule has 0 saturated carbocycles. The number of aromatic nitrogens is 3. The van der Waals surface area contributed by atoms with Crippen LogP contribution in [-0.4, -0.2) is 75.0 Å². The van der Waals surface area contributed by atoms with Crippen molar-refractivity contribution >= 4 is 52.6 Å². The number of phosphoric acid groups is 1. The van der Waals surface area contributed by atoms with Crippen molar-refractivity contribution in [3.05, 3.63) is 59.4 Å². The predicted octanol–water partition coefficient (Wildman–Crippen LogP) is 6.94. The highest BCUT2D eigenvalue weighted by Gasteiger charge is 2.54. The molecule has 0 fully saturated rings. The van der Waals surface area contributed by atoms with Crippen LogP contribution in [0.15, 0.2) is 42.9 Å². The number of hydrogen-bond acceptors (Lipinski definition) is 11. The number of phosphoric ester groups is 1. The molecule has 0 aliphatic heterocycles. The summed E-state index contributed by atoms with van der Waals surface area (Å²) in [6.07, 6.45) is 3.46. The van der Waals surface area contributed by atoms with Gasteiger partial charge in [0.25, 0.3) is 0 Å². The molecule has 4 N–H and O–H groups in total. The van der Waals surface area contributed by atoms with Gasteiger partial charge in [-0.25, -0.2) is 28.3 Å². The molecule has 0 radical (unpaired) electrons. The first-order valence-corrected chi connectivity index (χ1v) is 18.4. The van der Waals surface area contributed by atoms with Gasteiger partial charge in [-0.05, 0) is 42.5 Å².